The van der Waals surface area contributed by atoms with Crippen LogP contribution in [0.5, 0.6) is 5.75 Å². The minimum absolute atomic E-state index is 0.0712. The molecule has 0 unspecified atom stereocenters. The normalized spacial score (nSPS) is 19.0. The van der Waals surface area contributed by atoms with E-state index in [1.54, 1.807) is 6.07 Å². The molecule has 0 saturated heterocycles. The van der Waals surface area contributed by atoms with Gasteiger partial charge in [-0.15, -0.1) is 0 Å². The molecule has 1 aliphatic rings. The van der Waals surface area contributed by atoms with Crippen LogP contribution in [0.15, 0.2) is 47.6 Å². The van der Waals surface area contributed by atoms with Gasteiger partial charge in [-0.25, -0.2) is 0 Å². The van der Waals surface area contributed by atoms with Crippen molar-refractivity contribution in [3.63, 3.8) is 0 Å². The topological polar surface area (TPSA) is 62.1 Å². The predicted molar refractivity (Wildman–Crippen MR) is 111 cm³/mol. The van der Waals surface area contributed by atoms with Gasteiger partial charge in [0.2, 0.25) is 0 Å². The maximum Gasteiger partial charge on any atom is 0.438 e. The van der Waals surface area contributed by atoms with Crippen molar-refractivity contribution in [1.29, 1.82) is 0 Å². The van der Waals surface area contributed by atoms with Gasteiger partial charge in [0.05, 0.1) is 12.1 Å². The van der Waals surface area contributed by atoms with Gasteiger partial charge in [0.15, 0.2) is 6.61 Å². The molecule has 1 heterocycles. The molecule has 31 heavy (non-hydrogen) atoms. The van der Waals surface area contributed by atoms with Gasteiger partial charge in [0.25, 0.3) is 11.6 Å². The first-order chi connectivity index (χ1) is 14.4. The summed E-state index contributed by atoms with van der Waals surface area (Å²) in [5, 5.41) is 14.7. The van der Waals surface area contributed by atoms with Gasteiger partial charge in [0, 0.05) is 5.02 Å². The van der Waals surface area contributed by atoms with Gasteiger partial charge < -0.3 is 9.84 Å². The minimum atomic E-state index is -5.12. The van der Waals surface area contributed by atoms with Crippen molar-refractivity contribution in [3.05, 3.63) is 64.2 Å². The van der Waals surface area contributed by atoms with Crippen LogP contribution in [0.3, 0.4) is 0 Å². The lowest BCUT2D eigenvalue weighted by atomic mass is 10.0. The Bertz CT molecular complexity index is 1010. The quantitative estimate of drug-likeness (QED) is 0.688. The molecule has 0 spiro atoms. The van der Waals surface area contributed by atoms with Gasteiger partial charge in [-0.2, -0.15) is 23.3 Å². The number of benzene rings is 2. The van der Waals surface area contributed by atoms with Crippen LogP contribution in [0, 0.1) is 6.92 Å². The van der Waals surface area contributed by atoms with E-state index >= 15 is 0 Å². The third kappa shape index (κ3) is 4.70. The molecule has 2 aromatic rings. The first-order valence-corrected chi connectivity index (χ1v) is 9.99. The zero-order chi connectivity index (χ0) is 23.0. The fourth-order valence-corrected chi connectivity index (χ4v) is 3.40. The highest BCUT2D eigenvalue weighted by atomic mass is 35.5. The zero-order valence-corrected chi connectivity index (χ0v) is 18.0. The third-order valence-corrected chi connectivity index (χ3v) is 5.25. The van der Waals surface area contributed by atoms with Crippen LogP contribution in [0.4, 0.5) is 13.2 Å². The molecule has 166 valence electrons. The average molecular weight is 455 g/mol. The van der Waals surface area contributed by atoms with E-state index < -0.39 is 30.8 Å². The lowest BCUT2D eigenvalue weighted by Crippen LogP contribution is -2.57. The second-order valence-corrected chi connectivity index (χ2v) is 8.17. The molecule has 0 bridgehead atoms. The fourth-order valence-electron chi connectivity index (χ4n) is 3.28. The molecule has 1 aliphatic heterocycles. The van der Waals surface area contributed by atoms with Gasteiger partial charge >= 0.3 is 6.18 Å². The number of ether oxygens (including phenoxy) is 1. The summed E-state index contributed by atoms with van der Waals surface area (Å²) in [5.74, 6) is -0.626. The molecule has 0 fully saturated rings. The monoisotopic (exact) mass is 454 g/mol. The van der Waals surface area contributed by atoms with Crippen LogP contribution in [0.1, 0.15) is 42.9 Å². The number of hydrazone groups is 1. The maximum atomic E-state index is 13.7. The number of hydrogen-bond donors (Lipinski definition) is 1. The Morgan fingerprint density at radius 2 is 1.90 bits per heavy atom. The Labute approximate surface area is 183 Å². The van der Waals surface area contributed by atoms with Crippen molar-refractivity contribution < 1.29 is 27.8 Å². The minimum Gasteiger partial charge on any atom is -0.483 e. The molecule has 3 rings (SSSR count). The highest BCUT2D eigenvalue weighted by molar-refractivity contribution is 6.30. The number of carbonyl (C=O) groups is 1. The number of nitrogens with zero attached hydrogens (tertiary/aromatic N) is 2. The summed E-state index contributed by atoms with van der Waals surface area (Å²) < 4.78 is 46.7. The van der Waals surface area contributed by atoms with Crippen LogP contribution in [-0.4, -0.2) is 40.2 Å². The molecular formula is C22H22ClF3N2O3. The van der Waals surface area contributed by atoms with E-state index in [0.717, 1.165) is 11.1 Å². The first-order valence-electron chi connectivity index (χ1n) is 9.61. The highest BCUT2D eigenvalue weighted by Crippen LogP contribution is 2.41. The lowest BCUT2D eigenvalue weighted by molar-refractivity contribution is -0.302. The Kier molecular flexibility index (Phi) is 6.34. The summed E-state index contributed by atoms with van der Waals surface area (Å²) in [6.07, 6.45) is -6.02. The van der Waals surface area contributed by atoms with Crippen molar-refractivity contribution in [1.82, 2.24) is 5.01 Å². The number of alkyl halides is 3. The Morgan fingerprint density at radius 3 is 2.48 bits per heavy atom. The number of carbonyl (C=O) groups excluding carboxylic acids is 1. The zero-order valence-electron chi connectivity index (χ0n) is 17.2. The summed E-state index contributed by atoms with van der Waals surface area (Å²) in [7, 11) is 0. The van der Waals surface area contributed by atoms with Gasteiger partial charge in [0.1, 0.15) is 5.75 Å². The molecule has 0 saturated carbocycles. The van der Waals surface area contributed by atoms with E-state index in [9.17, 15) is 23.1 Å². The number of hydrogen-bond acceptors (Lipinski definition) is 4. The van der Waals surface area contributed by atoms with Crippen LogP contribution < -0.4 is 4.74 Å². The summed E-state index contributed by atoms with van der Waals surface area (Å²) in [6.45, 7) is 5.00. The Morgan fingerprint density at radius 1 is 1.26 bits per heavy atom. The second kappa shape index (κ2) is 8.51. The number of rotatable bonds is 5. The molecule has 0 radical (unpaired) electrons. The molecular weight excluding hydrogens is 433 g/mol. The van der Waals surface area contributed by atoms with E-state index in [2.05, 4.69) is 5.10 Å². The summed E-state index contributed by atoms with van der Waals surface area (Å²) in [5.41, 5.74) is -1.53. The van der Waals surface area contributed by atoms with Crippen LogP contribution in [-0.2, 0) is 4.79 Å². The highest BCUT2D eigenvalue weighted by Gasteiger charge is 2.63. The van der Waals surface area contributed by atoms with E-state index in [0.29, 0.717) is 16.3 Å². The van der Waals surface area contributed by atoms with Crippen molar-refractivity contribution >= 4 is 23.2 Å². The van der Waals surface area contributed by atoms with Crippen molar-refractivity contribution in [3.8, 4) is 5.75 Å². The molecule has 1 amide bonds. The van der Waals surface area contributed by atoms with Gasteiger partial charge in [-0.3, -0.25) is 4.79 Å². The third-order valence-electron chi connectivity index (χ3n) is 4.99. The first kappa shape index (κ1) is 23.1. The SMILES string of the molecule is Cc1ccc(C(C)C)c(OCC(=O)N2N=C(c3ccc(Cl)cc3)C[C@]2(O)C(F)(F)F)c1. The van der Waals surface area contributed by atoms with Crippen molar-refractivity contribution in [2.45, 2.75) is 45.0 Å². The number of halogens is 4. The van der Waals surface area contributed by atoms with Crippen LogP contribution >= 0.6 is 11.6 Å². The van der Waals surface area contributed by atoms with E-state index in [1.165, 1.54) is 24.3 Å². The fraction of sp³-hybridized carbons (Fsp3) is 0.364. The van der Waals surface area contributed by atoms with E-state index in [-0.39, 0.29) is 16.6 Å². The largest absolute Gasteiger partial charge is 0.483 e. The number of amides is 1. The molecule has 5 nitrogen and oxygen atoms in total. The molecule has 1 N–H and O–H groups in total. The van der Waals surface area contributed by atoms with Crippen LogP contribution in [0.2, 0.25) is 5.02 Å². The standard InChI is InChI=1S/C22H22ClF3N2O3/c1-13(2)17-9-4-14(3)10-19(17)31-12-20(29)28-21(30,22(24,25)26)11-18(27-28)15-5-7-16(23)8-6-15/h4-10,13,30H,11-12H2,1-3H3/t21-/m0/s1. The van der Waals surface area contributed by atoms with Crippen molar-refractivity contribution in [2.75, 3.05) is 6.61 Å². The van der Waals surface area contributed by atoms with Crippen LogP contribution in [0.25, 0.3) is 0 Å². The smallest absolute Gasteiger partial charge is 0.438 e. The van der Waals surface area contributed by atoms with E-state index in [4.69, 9.17) is 16.3 Å². The summed E-state index contributed by atoms with van der Waals surface area (Å²) in [6, 6.07) is 11.4. The summed E-state index contributed by atoms with van der Waals surface area (Å²) in [4.78, 5) is 12.7. The average Bonchev–Trinajstić information content (AvgIpc) is 3.05. The molecule has 1 atom stereocenters. The van der Waals surface area contributed by atoms with E-state index in [1.807, 2.05) is 32.9 Å². The lowest BCUT2D eigenvalue weighted by Gasteiger charge is -2.32. The molecule has 0 aromatic heterocycles. The summed E-state index contributed by atoms with van der Waals surface area (Å²) >= 11 is 5.82. The van der Waals surface area contributed by atoms with Gasteiger partial charge in [-0.05, 0) is 47.7 Å². The Balaban J connectivity index is 1.88. The Hall–Kier alpha value is -2.58. The molecule has 9 heteroatoms. The number of aliphatic hydroxyl groups is 1. The maximum absolute atomic E-state index is 13.7. The molecule has 2 aromatic carbocycles. The van der Waals surface area contributed by atoms with Gasteiger partial charge in [-0.1, -0.05) is 49.7 Å². The molecule has 0 aliphatic carbocycles. The number of aryl methyl sites for hydroxylation is 1. The van der Waals surface area contributed by atoms with Crippen molar-refractivity contribution in [2.24, 2.45) is 5.10 Å². The second-order valence-electron chi connectivity index (χ2n) is 7.73. The predicted octanol–water partition coefficient (Wildman–Crippen LogP) is 5.04.